The molecule has 1 aromatic carbocycles. The summed E-state index contributed by atoms with van der Waals surface area (Å²) >= 11 is 0. The Balaban J connectivity index is 0. The fraction of sp³-hybridized carbons (Fsp3) is 0.350. The molecule has 1 aliphatic heterocycles. The third kappa shape index (κ3) is 10.8. The first kappa shape index (κ1) is 33.4. The van der Waals surface area contributed by atoms with Crippen LogP contribution in [0.4, 0.5) is 14.6 Å². The number of rotatable bonds is 7. The Morgan fingerprint density at radius 3 is 2.55 bits per heavy atom. The summed E-state index contributed by atoms with van der Waals surface area (Å²) in [5.74, 6) is -1.63. The molecular formula is C20H27Cl4F2N5O2. The third-order valence-corrected chi connectivity index (χ3v) is 4.75. The second-order valence-corrected chi connectivity index (χ2v) is 6.92. The second-order valence-electron chi connectivity index (χ2n) is 6.92. The maximum Gasteiger partial charge on any atom is 0.267 e. The number of nitrogens with zero attached hydrogens (tertiary/aromatic N) is 3. The number of aromatic nitrogens is 2. The quantitative estimate of drug-likeness (QED) is 0.274. The average molecular weight is 549 g/mol. The van der Waals surface area contributed by atoms with Crippen molar-refractivity contribution in [1.29, 1.82) is 0 Å². The molecule has 3 rings (SSSR count). The predicted molar refractivity (Wildman–Crippen MR) is 133 cm³/mol. The molecule has 0 saturated carbocycles. The van der Waals surface area contributed by atoms with Crippen molar-refractivity contribution in [3.05, 3.63) is 59.6 Å². The first-order valence-corrected chi connectivity index (χ1v) is 9.40. The molecule has 1 saturated heterocycles. The van der Waals surface area contributed by atoms with Crippen molar-refractivity contribution in [3.63, 3.8) is 0 Å². The molecule has 1 aromatic heterocycles. The van der Waals surface area contributed by atoms with E-state index in [4.69, 9.17) is 5.21 Å². The third-order valence-electron chi connectivity index (χ3n) is 4.75. The lowest BCUT2D eigenvalue weighted by Gasteiger charge is -2.33. The zero-order valence-electron chi connectivity index (χ0n) is 17.4. The van der Waals surface area contributed by atoms with Crippen molar-refractivity contribution in [3.8, 4) is 0 Å². The van der Waals surface area contributed by atoms with Crippen molar-refractivity contribution >= 4 is 67.4 Å². The van der Waals surface area contributed by atoms with E-state index in [-0.39, 0.29) is 55.7 Å². The van der Waals surface area contributed by atoms with Gasteiger partial charge in [-0.1, -0.05) is 6.07 Å². The Kier molecular flexibility index (Phi) is 17.0. The minimum absolute atomic E-state index is 0. The summed E-state index contributed by atoms with van der Waals surface area (Å²) < 4.78 is 26.4. The van der Waals surface area contributed by atoms with E-state index >= 15 is 0 Å². The number of hydrogen-bond donors (Lipinski definition) is 3. The van der Waals surface area contributed by atoms with E-state index in [0.717, 1.165) is 44.1 Å². The van der Waals surface area contributed by atoms with Gasteiger partial charge in [-0.2, -0.15) is 0 Å². The minimum atomic E-state index is -0.824. The van der Waals surface area contributed by atoms with Crippen molar-refractivity contribution in [2.24, 2.45) is 0 Å². The monoisotopic (exact) mass is 547 g/mol. The van der Waals surface area contributed by atoms with Gasteiger partial charge in [0.2, 0.25) is 0 Å². The average Bonchev–Trinajstić information content (AvgIpc) is 2.74. The van der Waals surface area contributed by atoms with Crippen LogP contribution in [0.15, 0.2) is 36.7 Å². The van der Waals surface area contributed by atoms with Gasteiger partial charge < -0.3 is 10.2 Å². The zero-order valence-corrected chi connectivity index (χ0v) is 20.7. The van der Waals surface area contributed by atoms with E-state index in [1.165, 1.54) is 29.9 Å². The molecule has 1 fully saturated rings. The molecule has 7 nitrogen and oxygen atoms in total. The summed E-state index contributed by atoms with van der Waals surface area (Å²) in [6.45, 7) is 2.56. The first-order chi connectivity index (χ1) is 14.0. The van der Waals surface area contributed by atoms with Crippen molar-refractivity contribution in [1.82, 2.24) is 20.3 Å². The van der Waals surface area contributed by atoms with Crippen molar-refractivity contribution in [2.75, 3.05) is 25.0 Å². The van der Waals surface area contributed by atoms with Crippen molar-refractivity contribution in [2.45, 2.75) is 25.3 Å². The minimum Gasteiger partial charge on any atom is -0.365 e. The predicted octanol–water partition coefficient (Wildman–Crippen LogP) is 4.08. The molecule has 186 valence electrons. The van der Waals surface area contributed by atoms with Crippen LogP contribution in [-0.4, -0.2) is 51.7 Å². The number of likely N-dealkylation sites (tertiary alicyclic amines) is 1. The smallest absolute Gasteiger partial charge is 0.267 e. The van der Waals surface area contributed by atoms with Crippen LogP contribution in [0.5, 0.6) is 0 Å². The summed E-state index contributed by atoms with van der Waals surface area (Å²) in [6.07, 6.45) is 8.42. The fourth-order valence-corrected chi connectivity index (χ4v) is 3.26. The molecule has 0 radical (unpaired) electrons. The number of carbonyl (C=O) groups is 1. The van der Waals surface area contributed by atoms with Crippen LogP contribution >= 0.6 is 49.6 Å². The van der Waals surface area contributed by atoms with E-state index < -0.39 is 17.5 Å². The lowest BCUT2D eigenvalue weighted by atomic mass is 10.0. The lowest BCUT2D eigenvalue weighted by molar-refractivity contribution is -0.124. The molecule has 13 heteroatoms. The molecular weight excluding hydrogens is 522 g/mol. The van der Waals surface area contributed by atoms with Gasteiger partial charge in [-0.25, -0.2) is 19.2 Å². The van der Waals surface area contributed by atoms with Gasteiger partial charge >= 0.3 is 0 Å². The van der Waals surface area contributed by atoms with Gasteiger partial charge in [-0.15, -0.1) is 49.6 Å². The van der Waals surface area contributed by atoms with Gasteiger partial charge in [0.1, 0.15) is 5.82 Å². The number of amides is 1. The molecule has 1 atom stereocenters. The Morgan fingerprint density at radius 2 is 1.91 bits per heavy atom. The molecule has 3 N–H and O–H groups in total. The Bertz CT molecular complexity index is 878. The van der Waals surface area contributed by atoms with Crippen LogP contribution in [0.3, 0.4) is 0 Å². The van der Waals surface area contributed by atoms with E-state index in [0.29, 0.717) is 17.9 Å². The largest absolute Gasteiger partial charge is 0.365 e. The lowest BCUT2D eigenvalue weighted by Crippen LogP contribution is -2.43. The summed E-state index contributed by atoms with van der Waals surface area (Å²) in [7, 11) is 0. The SMILES string of the molecule is Cl.Cl.Cl.Cl.O=C(C=Cc1cnc(N[C@@H]2CCCN(CCc3ccc(F)c(F)c3)C2)cn1)NO. The summed E-state index contributed by atoms with van der Waals surface area (Å²) in [5.41, 5.74) is 2.78. The molecule has 2 heterocycles. The number of carbonyl (C=O) groups excluding carboxylic acids is 1. The zero-order chi connectivity index (χ0) is 20.6. The molecule has 2 aromatic rings. The molecule has 33 heavy (non-hydrogen) atoms. The molecule has 0 unspecified atom stereocenters. The normalized spacial score (nSPS) is 15.3. The van der Waals surface area contributed by atoms with Crippen LogP contribution in [0.25, 0.3) is 6.08 Å². The number of piperidine rings is 1. The molecule has 1 aliphatic rings. The van der Waals surface area contributed by atoms with Crippen LogP contribution in [0.2, 0.25) is 0 Å². The highest BCUT2D eigenvalue weighted by atomic mass is 35.5. The number of benzene rings is 1. The first-order valence-electron chi connectivity index (χ1n) is 9.40. The number of nitrogens with one attached hydrogen (secondary N) is 2. The van der Waals surface area contributed by atoms with Gasteiger partial charge in [-0.05, 0) is 49.6 Å². The van der Waals surface area contributed by atoms with Crippen LogP contribution in [-0.2, 0) is 11.2 Å². The maximum atomic E-state index is 13.3. The summed E-state index contributed by atoms with van der Waals surface area (Å²) in [6, 6.07) is 4.25. The van der Waals surface area contributed by atoms with Gasteiger partial charge in [-0.3, -0.25) is 15.0 Å². The van der Waals surface area contributed by atoms with Gasteiger partial charge in [0.25, 0.3) is 5.91 Å². The van der Waals surface area contributed by atoms with E-state index in [9.17, 15) is 13.6 Å². The maximum absolute atomic E-state index is 13.3. The molecule has 0 spiro atoms. The van der Waals surface area contributed by atoms with E-state index in [1.54, 1.807) is 12.3 Å². The van der Waals surface area contributed by atoms with Crippen LogP contribution in [0, 0.1) is 11.6 Å². The van der Waals surface area contributed by atoms with E-state index in [1.807, 2.05) is 0 Å². The van der Waals surface area contributed by atoms with Gasteiger partial charge in [0, 0.05) is 25.2 Å². The van der Waals surface area contributed by atoms with Crippen molar-refractivity contribution < 1.29 is 18.8 Å². The number of hydrogen-bond acceptors (Lipinski definition) is 6. The van der Waals surface area contributed by atoms with Gasteiger partial charge in [0.15, 0.2) is 11.6 Å². The Labute approximate surface area is 216 Å². The fourth-order valence-electron chi connectivity index (χ4n) is 3.26. The van der Waals surface area contributed by atoms with Crippen LogP contribution in [0.1, 0.15) is 24.1 Å². The Hall–Kier alpha value is -1.75. The number of hydroxylamine groups is 1. The highest BCUT2D eigenvalue weighted by molar-refractivity contribution is 5.90. The number of anilines is 1. The number of halogens is 6. The van der Waals surface area contributed by atoms with E-state index in [2.05, 4.69) is 20.2 Å². The topological polar surface area (TPSA) is 90.4 Å². The van der Waals surface area contributed by atoms with Crippen LogP contribution < -0.4 is 10.8 Å². The summed E-state index contributed by atoms with van der Waals surface area (Å²) in [5, 5.41) is 11.8. The molecule has 0 bridgehead atoms. The highest BCUT2D eigenvalue weighted by Crippen LogP contribution is 2.16. The van der Waals surface area contributed by atoms with Gasteiger partial charge in [0.05, 0.1) is 18.1 Å². The molecule has 0 aliphatic carbocycles. The molecule has 1 amide bonds. The second kappa shape index (κ2) is 16.8. The Morgan fingerprint density at radius 1 is 1.15 bits per heavy atom. The summed E-state index contributed by atoms with van der Waals surface area (Å²) in [4.78, 5) is 21.8. The highest BCUT2D eigenvalue weighted by Gasteiger charge is 2.20. The standard InChI is InChI=1S/C20H23F2N5O2.4ClH/c21-17-5-3-14(10-18(17)22)7-9-27-8-1-2-16(13-27)25-19-12-23-15(11-24-19)4-6-20(28)26-29;;;;/h3-6,10-12,16,29H,1-2,7-9,13H2,(H,24,25)(H,26,28);4*1H/t16-;;;;/m1..../s1.